The summed E-state index contributed by atoms with van der Waals surface area (Å²) in [5.74, 6) is -2.74. The number of carbonyl (C=O) groups is 1. The normalized spacial score (nSPS) is 13.6. The minimum atomic E-state index is -4.58. The van der Waals surface area contributed by atoms with Gasteiger partial charge in [0.25, 0.3) is 0 Å². The lowest BCUT2D eigenvalue weighted by Crippen LogP contribution is -2.43. The lowest BCUT2D eigenvalue weighted by molar-refractivity contribution is -0.143. The van der Waals surface area contributed by atoms with E-state index in [4.69, 9.17) is 0 Å². The van der Waals surface area contributed by atoms with Gasteiger partial charge in [0.05, 0.1) is 34.3 Å². The van der Waals surface area contributed by atoms with Gasteiger partial charge in [0.1, 0.15) is 0 Å². The molecule has 2 aromatic carbocycles. The predicted molar refractivity (Wildman–Crippen MR) is 145 cm³/mol. The van der Waals surface area contributed by atoms with E-state index >= 15 is 0 Å². The maximum Gasteiger partial charge on any atom is 0.416 e. The van der Waals surface area contributed by atoms with Crippen molar-refractivity contribution in [1.29, 1.82) is 0 Å². The molecule has 2 heterocycles. The number of alkyl halides is 3. The zero-order chi connectivity index (χ0) is 29.5. The second-order valence-corrected chi connectivity index (χ2v) is 11.1. The Morgan fingerprint density at radius 2 is 1.44 bits per heavy atom. The summed E-state index contributed by atoms with van der Waals surface area (Å²) in [5, 5.41) is 13.5. The van der Waals surface area contributed by atoms with E-state index in [1.807, 2.05) is 0 Å². The molecule has 0 aliphatic rings. The number of carboxylic acids is 1. The number of nitrogens with zero attached hydrogens (tertiary/aromatic N) is 3. The van der Waals surface area contributed by atoms with Gasteiger partial charge in [-0.3, -0.25) is 14.8 Å². The molecular weight excluding hydrogens is 557 g/mol. The number of halogens is 3. The van der Waals surface area contributed by atoms with Crippen molar-refractivity contribution in [2.24, 2.45) is 5.92 Å². The van der Waals surface area contributed by atoms with Crippen molar-refractivity contribution < 1.29 is 31.5 Å². The largest absolute Gasteiger partial charge is 0.481 e. The van der Waals surface area contributed by atoms with Crippen LogP contribution in [0.4, 0.5) is 13.2 Å². The van der Waals surface area contributed by atoms with Crippen molar-refractivity contribution in [3.8, 4) is 0 Å². The van der Waals surface area contributed by atoms with E-state index in [1.54, 1.807) is 60.8 Å². The summed E-state index contributed by atoms with van der Waals surface area (Å²) < 4.78 is 68.3. The summed E-state index contributed by atoms with van der Waals surface area (Å²) in [6, 6.07) is 20.8. The van der Waals surface area contributed by atoms with Gasteiger partial charge in [0.2, 0.25) is 10.0 Å². The van der Waals surface area contributed by atoms with Crippen LogP contribution < -0.4 is 5.32 Å². The summed E-state index contributed by atoms with van der Waals surface area (Å²) in [7, 11) is -4.20. The molecule has 2 unspecified atom stereocenters. The summed E-state index contributed by atoms with van der Waals surface area (Å²) >= 11 is 0. The number of rotatable bonds is 12. The third kappa shape index (κ3) is 7.75. The highest BCUT2D eigenvalue weighted by Gasteiger charge is 2.37. The minimum absolute atomic E-state index is 0.0346. The molecule has 0 saturated carbocycles. The number of aromatic nitrogens is 2. The first kappa shape index (κ1) is 29.8. The average Bonchev–Trinajstić information content (AvgIpc) is 2.97. The molecule has 0 saturated heterocycles. The molecule has 214 valence electrons. The third-order valence-corrected chi connectivity index (χ3v) is 8.22. The van der Waals surface area contributed by atoms with Crippen LogP contribution in [0.2, 0.25) is 0 Å². The van der Waals surface area contributed by atoms with Crippen molar-refractivity contribution in [2.75, 3.05) is 6.54 Å². The molecular formula is C29H27F3N4O4S. The standard InChI is InChI=1S/C29H27F3N4O4S/c30-29(31,32)22-14-12-21(13-15-22)27(35-18-23-8-4-6-16-33-23)26(28(37)38)20-36(19-24-9-5-7-17-34-24)41(39,40)25-10-2-1-3-11-25/h1-17,26-27,35H,18-20H2,(H,37,38). The zero-order valence-electron chi connectivity index (χ0n) is 21.6. The SMILES string of the molecule is O=C(O)C(CN(Cc1ccccn1)S(=O)(=O)c1ccccc1)C(NCc1ccccn1)c1ccc(C(F)(F)F)cc1. The van der Waals surface area contributed by atoms with E-state index in [-0.39, 0.29) is 23.5 Å². The third-order valence-electron chi connectivity index (χ3n) is 6.39. The molecule has 0 aliphatic heterocycles. The average molecular weight is 585 g/mol. The van der Waals surface area contributed by atoms with Gasteiger partial charge in [-0.05, 0) is 54.1 Å². The Morgan fingerprint density at radius 3 is 1.98 bits per heavy atom. The molecule has 8 nitrogen and oxygen atoms in total. The lowest BCUT2D eigenvalue weighted by Gasteiger charge is -2.31. The highest BCUT2D eigenvalue weighted by molar-refractivity contribution is 7.89. The Balaban J connectivity index is 1.74. The van der Waals surface area contributed by atoms with Gasteiger partial charge in [-0.25, -0.2) is 8.42 Å². The fraction of sp³-hybridized carbons (Fsp3) is 0.207. The summed E-state index contributed by atoms with van der Waals surface area (Å²) in [6.07, 6.45) is -1.53. The summed E-state index contributed by atoms with van der Waals surface area (Å²) in [5.41, 5.74) is 0.315. The lowest BCUT2D eigenvalue weighted by atomic mass is 9.91. The van der Waals surface area contributed by atoms with Crippen LogP contribution in [0, 0.1) is 5.92 Å². The molecule has 0 amide bonds. The number of hydrogen-bond acceptors (Lipinski definition) is 6. The molecule has 2 aromatic heterocycles. The smallest absolute Gasteiger partial charge is 0.416 e. The Kier molecular flexibility index (Phi) is 9.48. The highest BCUT2D eigenvalue weighted by Crippen LogP contribution is 2.32. The number of carboxylic acid groups (broad SMARTS) is 1. The van der Waals surface area contributed by atoms with Crippen LogP contribution in [0.25, 0.3) is 0 Å². The van der Waals surface area contributed by atoms with Crippen LogP contribution in [0.3, 0.4) is 0 Å². The Bertz CT molecular complexity index is 1520. The summed E-state index contributed by atoms with van der Waals surface area (Å²) in [6.45, 7) is -0.631. The number of pyridine rings is 2. The van der Waals surface area contributed by atoms with Gasteiger partial charge in [0.15, 0.2) is 0 Å². The van der Waals surface area contributed by atoms with E-state index in [2.05, 4.69) is 15.3 Å². The molecule has 0 aliphatic carbocycles. The number of hydrogen-bond donors (Lipinski definition) is 2. The second-order valence-electron chi connectivity index (χ2n) is 9.18. The predicted octanol–water partition coefficient (Wildman–Crippen LogP) is 4.92. The maximum absolute atomic E-state index is 13.7. The van der Waals surface area contributed by atoms with Gasteiger partial charge in [-0.1, -0.05) is 42.5 Å². The fourth-order valence-electron chi connectivity index (χ4n) is 4.30. The van der Waals surface area contributed by atoms with Crippen molar-refractivity contribution in [3.05, 3.63) is 126 Å². The van der Waals surface area contributed by atoms with E-state index in [9.17, 15) is 31.5 Å². The van der Waals surface area contributed by atoms with Gasteiger partial charge in [-0.15, -0.1) is 0 Å². The van der Waals surface area contributed by atoms with E-state index in [1.165, 1.54) is 30.5 Å². The first-order chi connectivity index (χ1) is 19.6. The first-order valence-corrected chi connectivity index (χ1v) is 14.0. The maximum atomic E-state index is 13.7. The van der Waals surface area contributed by atoms with Crippen LogP contribution >= 0.6 is 0 Å². The molecule has 2 atom stereocenters. The zero-order valence-corrected chi connectivity index (χ0v) is 22.5. The van der Waals surface area contributed by atoms with Crippen LogP contribution in [0.5, 0.6) is 0 Å². The monoisotopic (exact) mass is 584 g/mol. The van der Waals surface area contributed by atoms with Gasteiger partial charge >= 0.3 is 12.1 Å². The molecule has 4 aromatic rings. The van der Waals surface area contributed by atoms with Crippen molar-refractivity contribution in [2.45, 2.75) is 30.2 Å². The Labute approximate surface area is 235 Å². The molecule has 41 heavy (non-hydrogen) atoms. The Hall–Kier alpha value is -4.13. The number of aliphatic carboxylic acids is 1. The topological polar surface area (TPSA) is 112 Å². The molecule has 0 fully saturated rings. The van der Waals surface area contributed by atoms with Crippen molar-refractivity contribution in [1.82, 2.24) is 19.6 Å². The summed E-state index contributed by atoms with van der Waals surface area (Å²) in [4.78, 5) is 21.1. The van der Waals surface area contributed by atoms with Gasteiger partial charge in [-0.2, -0.15) is 17.5 Å². The van der Waals surface area contributed by atoms with E-state index in [0.717, 1.165) is 16.4 Å². The van der Waals surface area contributed by atoms with Crippen LogP contribution in [-0.2, 0) is 34.1 Å². The molecule has 4 rings (SSSR count). The number of benzene rings is 2. The van der Waals surface area contributed by atoms with Crippen molar-refractivity contribution >= 4 is 16.0 Å². The Morgan fingerprint density at radius 1 is 0.854 bits per heavy atom. The molecule has 0 radical (unpaired) electrons. The van der Waals surface area contributed by atoms with E-state index < -0.39 is 46.2 Å². The molecule has 0 bridgehead atoms. The molecule has 12 heteroatoms. The minimum Gasteiger partial charge on any atom is -0.481 e. The van der Waals surface area contributed by atoms with Crippen molar-refractivity contribution in [3.63, 3.8) is 0 Å². The molecule has 0 spiro atoms. The quantitative estimate of drug-likeness (QED) is 0.243. The fourth-order valence-corrected chi connectivity index (χ4v) is 5.75. The van der Waals surface area contributed by atoms with Gasteiger partial charge in [0, 0.05) is 31.5 Å². The van der Waals surface area contributed by atoms with Crippen LogP contribution in [0.1, 0.15) is 28.6 Å². The highest BCUT2D eigenvalue weighted by atomic mass is 32.2. The second kappa shape index (κ2) is 13.0. The van der Waals surface area contributed by atoms with E-state index in [0.29, 0.717) is 11.4 Å². The van der Waals surface area contributed by atoms with Crippen LogP contribution in [-0.4, -0.2) is 40.3 Å². The van der Waals surface area contributed by atoms with Crippen LogP contribution in [0.15, 0.2) is 108 Å². The number of nitrogens with one attached hydrogen (secondary N) is 1. The number of sulfonamides is 1. The van der Waals surface area contributed by atoms with Gasteiger partial charge < -0.3 is 10.4 Å². The molecule has 2 N–H and O–H groups in total. The first-order valence-electron chi connectivity index (χ1n) is 12.5.